The average Bonchev–Trinajstić information content (AvgIpc) is 0.855. The minimum absolute atomic E-state index is 1.27. The van der Waals surface area contributed by atoms with E-state index >= 15 is 0 Å². The van der Waals surface area contributed by atoms with Crippen LogP contribution in [0.1, 0.15) is 66.8 Å². The Labute approximate surface area is 645 Å². The molecule has 0 aliphatic rings. The highest BCUT2D eigenvalue weighted by molar-refractivity contribution is 5.77. The Morgan fingerprint density at radius 1 is 0.102 bits per heavy atom. The molecule has 0 aliphatic carbocycles. The van der Waals surface area contributed by atoms with Crippen LogP contribution in [0.4, 0.5) is 0 Å². The molecule has 532 valence electrons. The summed E-state index contributed by atoms with van der Waals surface area (Å²) in [6, 6.07) is 139. The summed E-state index contributed by atoms with van der Waals surface area (Å²) in [5.41, 5.74) is 41.2. The van der Waals surface area contributed by atoms with E-state index in [0.29, 0.717) is 0 Å². The number of benzene rings is 16. The van der Waals surface area contributed by atoms with Crippen molar-refractivity contribution >= 4 is 0 Å². The Bertz CT molecular complexity index is 5400. The van der Waals surface area contributed by atoms with Gasteiger partial charge in [0.25, 0.3) is 0 Å². The second-order valence-electron chi connectivity index (χ2n) is 28.6. The van der Waals surface area contributed by atoms with Crippen LogP contribution in [0.3, 0.4) is 0 Å². The minimum atomic E-state index is 1.27. The number of hydrogen-bond acceptors (Lipinski definition) is 0. The van der Waals surface area contributed by atoms with Crippen LogP contribution in [-0.2, 0) is 0 Å². The summed E-state index contributed by atoms with van der Waals surface area (Å²) < 4.78 is 0. The minimum Gasteiger partial charge on any atom is -0.0620 e. The highest BCUT2D eigenvalue weighted by atomic mass is 14.1. The van der Waals surface area contributed by atoms with E-state index in [-0.39, 0.29) is 0 Å². The van der Waals surface area contributed by atoms with Crippen LogP contribution in [0.5, 0.6) is 0 Å². The molecule has 0 aromatic heterocycles. The third kappa shape index (κ3) is 22.3. The fraction of sp³-hybridized carbons (Fsp3) is 0.111. The summed E-state index contributed by atoms with van der Waals surface area (Å²) in [4.78, 5) is 0. The van der Waals surface area contributed by atoms with Crippen LogP contribution in [0, 0.1) is 83.1 Å². The Balaban J connectivity index is 0.000000130. The van der Waals surface area contributed by atoms with Gasteiger partial charge < -0.3 is 0 Å². The van der Waals surface area contributed by atoms with Crippen LogP contribution in [0.2, 0.25) is 0 Å². The Morgan fingerprint density at radius 2 is 0.259 bits per heavy atom. The first-order valence-electron chi connectivity index (χ1n) is 37.7. The van der Waals surface area contributed by atoms with Crippen LogP contribution >= 0.6 is 0 Å². The van der Waals surface area contributed by atoms with Gasteiger partial charge in [-0.15, -0.1) is 0 Å². The largest absolute Gasteiger partial charge is 0.0620 e. The molecule has 0 spiro atoms. The molecular weight excluding hydrogens is 1300 g/mol. The molecule has 0 bridgehead atoms. The fourth-order valence-electron chi connectivity index (χ4n) is 12.9. The maximum absolute atomic E-state index is 2.26. The molecule has 16 rings (SSSR count). The molecule has 0 unspecified atom stereocenters. The summed E-state index contributed by atoms with van der Waals surface area (Å²) in [6.45, 7) is 25.5. The average molecular weight is 1400 g/mol. The molecule has 0 radical (unpaired) electrons. The van der Waals surface area contributed by atoms with Gasteiger partial charge in [0.15, 0.2) is 0 Å². The van der Waals surface area contributed by atoms with Gasteiger partial charge in [0, 0.05) is 0 Å². The van der Waals surface area contributed by atoms with Crippen molar-refractivity contribution < 1.29 is 0 Å². The van der Waals surface area contributed by atoms with E-state index in [1.54, 1.807) is 0 Å². The van der Waals surface area contributed by atoms with E-state index in [4.69, 9.17) is 0 Å². The van der Waals surface area contributed by atoms with Crippen molar-refractivity contribution in [2.45, 2.75) is 83.1 Å². The van der Waals surface area contributed by atoms with E-state index in [1.165, 1.54) is 178 Å². The highest BCUT2D eigenvalue weighted by Crippen LogP contribution is 2.33. The third-order valence-electron chi connectivity index (χ3n) is 19.5. The van der Waals surface area contributed by atoms with Gasteiger partial charge in [0.05, 0.1) is 0 Å². The van der Waals surface area contributed by atoms with E-state index in [9.17, 15) is 0 Å². The second-order valence-corrected chi connectivity index (χ2v) is 28.6. The van der Waals surface area contributed by atoms with Gasteiger partial charge in [-0.2, -0.15) is 0 Å². The molecule has 0 saturated carbocycles. The first-order valence-corrected chi connectivity index (χ1v) is 37.7. The summed E-state index contributed by atoms with van der Waals surface area (Å²) in [5, 5.41) is 0. The molecule has 0 aliphatic heterocycles. The maximum atomic E-state index is 2.26. The first-order chi connectivity index (χ1) is 52.4. The molecule has 0 atom stereocenters. The lowest BCUT2D eigenvalue weighted by atomic mass is 9.97. The van der Waals surface area contributed by atoms with Crippen LogP contribution in [0.25, 0.3) is 111 Å². The van der Waals surface area contributed by atoms with Gasteiger partial charge in [0.2, 0.25) is 0 Å². The zero-order valence-electron chi connectivity index (χ0n) is 65.0. The zero-order chi connectivity index (χ0) is 75.7. The Kier molecular flexibility index (Phi) is 27.0. The molecule has 0 saturated heterocycles. The van der Waals surface area contributed by atoms with Crippen molar-refractivity contribution in [3.63, 3.8) is 0 Å². The van der Waals surface area contributed by atoms with Gasteiger partial charge in [-0.05, 0) is 218 Å². The van der Waals surface area contributed by atoms with Crippen molar-refractivity contribution in [1.82, 2.24) is 0 Å². The lowest BCUT2D eigenvalue weighted by Crippen LogP contribution is -1.83. The normalized spacial score (nSPS) is 10.4. The van der Waals surface area contributed by atoms with Gasteiger partial charge in [-0.25, -0.2) is 0 Å². The summed E-state index contributed by atoms with van der Waals surface area (Å²) in [5.74, 6) is 0. The molecule has 108 heavy (non-hydrogen) atoms. The van der Waals surface area contributed by atoms with Crippen molar-refractivity contribution in [3.05, 3.63) is 455 Å². The molecular formula is C108H100. The second kappa shape index (κ2) is 38.0. The SMILES string of the molecule is Cc1ccc(-c2ccc(-c3cccc(C)c3)cc2)cc1.Cc1ccc(-c2ccc(-c3ccccc3C)cc2)cc1.Cc1ccc(-c2cccc(-c3ccc(C)cc3)c2)cc1.Cc1ccc(-c2cccc(-c3cccc(C)c3)c2)cc1.Cc1ccc(-c2cccc(C)c2)cc1.Cc1ccc(-c2ccccc2C)cc1. The third-order valence-corrected chi connectivity index (χ3v) is 19.5. The van der Waals surface area contributed by atoms with Crippen molar-refractivity contribution in [3.8, 4) is 111 Å². The molecule has 16 aromatic carbocycles. The van der Waals surface area contributed by atoms with E-state index in [0.717, 1.165) is 0 Å². The summed E-state index contributed by atoms with van der Waals surface area (Å²) >= 11 is 0. The number of rotatable bonds is 10. The van der Waals surface area contributed by atoms with E-state index < -0.39 is 0 Å². The van der Waals surface area contributed by atoms with Crippen LogP contribution in [0.15, 0.2) is 388 Å². The quantitative estimate of drug-likeness (QED) is 0.128. The van der Waals surface area contributed by atoms with Gasteiger partial charge in [0.1, 0.15) is 0 Å². The van der Waals surface area contributed by atoms with Crippen LogP contribution in [-0.4, -0.2) is 0 Å². The number of hydrogen-bond donors (Lipinski definition) is 0. The Morgan fingerprint density at radius 3 is 0.481 bits per heavy atom. The molecule has 0 N–H and O–H groups in total. The molecule has 0 nitrogen and oxygen atoms in total. The van der Waals surface area contributed by atoms with Gasteiger partial charge >= 0.3 is 0 Å². The summed E-state index contributed by atoms with van der Waals surface area (Å²) in [7, 11) is 0. The summed E-state index contributed by atoms with van der Waals surface area (Å²) in [6.07, 6.45) is 0. The predicted octanol–water partition coefficient (Wildman–Crippen LogP) is 30.5. The maximum Gasteiger partial charge on any atom is -0.0155 e. The Hall–Kier alpha value is -12.5. The first kappa shape index (κ1) is 76.6. The molecule has 16 aromatic rings. The monoisotopic (exact) mass is 1400 g/mol. The highest BCUT2D eigenvalue weighted by Gasteiger charge is 2.08. The molecule has 0 heteroatoms. The number of aryl methyl sites for hydroxylation is 12. The smallest absolute Gasteiger partial charge is 0.0155 e. The standard InChI is InChI=1S/4C20H18.2C14H14/c1-15-9-11-17(12-10-15)19-7-4-8-20(14-19)18-6-3-5-16(2)13-18;1-15-6-10-17(11-7-15)19-4-3-5-20(14-19)18-12-8-16(2)9-13-18;1-15-6-8-17(9-7-15)18-10-12-19(13-11-18)20-5-3-4-16(2)14-20;1-15-7-9-17(10-8-15)18-11-13-19(14-12-18)20-6-4-3-5-16(20)2;1-11-6-8-13(9-7-11)14-5-3-4-12(2)10-14;1-11-7-9-13(10-8-11)14-6-4-3-5-12(14)2/h4*3-14H,1-2H3;2*3-10H,1-2H3. The van der Waals surface area contributed by atoms with Crippen molar-refractivity contribution in [2.24, 2.45) is 0 Å². The molecule has 0 heterocycles. The molecule has 0 fully saturated rings. The van der Waals surface area contributed by atoms with Crippen molar-refractivity contribution in [1.29, 1.82) is 0 Å². The van der Waals surface area contributed by atoms with E-state index in [1.807, 2.05) is 0 Å². The fourth-order valence-corrected chi connectivity index (χ4v) is 12.9. The van der Waals surface area contributed by atoms with Crippen LogP contribution < -0.4 is 0 Å². The lowest BCUT2D eigenvalue weighted by Gasteiger charge is -2.07. The van der Waals surface area contributed by atoms with Gasteiger partial charge in [-0.1, -0.05) is 432 Å². The lowest BCUT2D eigenvalue weighted by molar-refractivity contribution is 1.43. The van der Waals surface area contributed by atoms with Gasteiger partial charge in [-0.3, -0.25) is 0 Å². The predicted molar refractivity (Wildman–Crippen MR) is 470 cm³/mol. The zero-order valence-corrected chi connectivity index (χ0v) is 65.0. The van der Waals surface area contributed by atoms with E-state index in [2.05, 4.69) is 471 Å². The van der Waals surface area contributed by atoms with Crippen molar-refractivity contribution in [2.75, 3.05) is 0 Å². The topological polar surface area (TPSA) is 0 Å². The molecule has 0 amide bonds.